The molecule has 1 aromatic heterocycles. The number of hydrogen-bond acceptors (Lipinski definition) is 8. The van der Waals surface area contributed by atoms with E-state index in [-0.39, 0.29) is 52.9 Å². The fourth-order valence-electron chi connectivity index (χ4n) is 5.62. The Morgan fingerprint density at radius 2 is 1.84 bits per heavy atom. The molecule has 2 aliphatic heterocycles. The molecule has 232 valence electrons. The first kappa shape index (κ1) is 32.6. The Morgan fingerprint density at radius 1 is 1.12 bits per heavy atom. The van der Waals surface area contributed by atoms with Gasteiger partial charge in [-0.2, -0.15) is 0 Å². The normalized spacial score (nSPS) is 16.6. The lowest BCUT2D eigenvalue weighted by molar-refractivity contribution is -0.143. The quantitative estimate of drug-likeness (QED) is 0.185. The van der Waals surface area contributed by atoms with Crippen LogP contribution in [0.5, 0.6) is 5.75 Å². The summed E-state index contributed by atoms with van der Waals surface area (Å²) >= 11 is 0. The first-order valence-electron chi connectivity index (χ1n) is 15.2. The van der Waals surface area contributed by atoms with Crippen molar-refractivity contribution in [3.05, 3.63) is 52.3 Å². The van der Waals surface area contributed by atoms with Crippen molar-refractivity contribution in [2.75, 3.05) is 37.7 Å². The number of amidine groups is 1. The van der Waals surface area contributed by atoms with Crippen LogP contribution in [0.15, 0.2) is 24.3 Å². The highest BCUT2D eigenvalue weighted by Crippen LogP contribution is 2.42. The maximum absolute atomic E-state index is 13.8. The van der Waals surface area contributed by atoms with E-state index < -0.39 is 0 Å². The SMILES string of the molecule is Br.CCOC(=O)CCCOc1c(N2CCC(=O)CC2)cc(C(=O)CN2Cc3ccc(C4CC4)nc3C2=N)cc1C(C)(C)C. The molecule has 3 aliphatic rings. The zero-order valence-corrected chi connectivity index (χ0v) is 27.4. The number of pyridine rings is 1. The Kier molecular flexibility index (Phi) is 10.3. The van der Waals surface area contributed by atoms with Gasteiger partial charge < -0.3 is 19.3 Å². The number of ketones is 2. The second kappa shape index (κ2) is 13.6. The summed E-state index contributed by atoms with van der Waals surface area (Å²) in [5.74, 6) is 1.40. The number of ether oxygens (including phenoxy) is 2. The van der Waals surface area contributed by atoms with Crippen molar-refractivity contribution in [2.45, 2.75) is 84.1 Å². The molecule has 1 aromatic carbocycles. The Hall–Kier alpha value is -3.27. The van der Waals surface area contributed by atoms with Crippen molar-refractivity contribution < 1.29 is 23.9 Å². The summed E-state index contributed by atoms with van der Waals surface area (Å²) in [6, 6.07) is 7.91. The second-order valence-electron chi connectivity index (χ2n) is 12.6. The molecule has 0 bridgehead atoms. The average molecular weight is 656 g/mol. The van der Waals surface area contributed by atoms with Crippen molar-refractivity contribution in [3.63, 3.8) is 0 Å². The average Bonchev–Trinajstić information content (AvgIpc) is 3.76. The molecule has 0 spiro atoms. The molecular formula is C33H43BrN4O5. The van der Waals surface area contributed by atoms with Crippen LogP contribution in [0.1, 0.15) is 105 Å². The first-order valence-corrected chi connectivity index (χ1v) is 15.2. The van der Waals surface area contributed by atoms with Crippen LogP contribution in [-0.4, -0.2) is 66.1 Å². The van der Waals surface area contributed by atoms with Gasteiger partial charge in [-0.25, -0.2) is 4.98 Å². The Morgan fingerprint density at radius 3 is 2.49 bits per heavy atom. The molecule has 3 heterocycles. The highest BCUT2D eigenvalue weighted by Gasteiger charge is 2.33. The van der Waals surface area contributed by atoms with Crippen molar-refractivity contribution in [1.82, 2.24) is 9.88 Å². The zero-order chi connectivity index (χ0) is 30.0. The molecule has 2 aromatic rings. The molecule has 43 heavy (non-hydrogen) atoms. The molecular weight excluding hydrogens is 612 g/mol. The third-order valence-electron chi connectivity index (χ3n) is 8.17. The fourth-order valence-corrected chi connectivity index (χ4v) is 5.62. The zero-order valence-electron chi connectivity index (χ0n) is 25.7. The van der Waals surface area contributed by atoms with Crippen molar-refractivity contribution >= 4 is 46.0 Å². The van der Waals surface area contributed by atoms with E-state index in [1.165, 1.54) is 0 Å². The minimum Gasteiger partial charge on any atom is -0.491 e. The number of nitrogens with zero attached hydrogens (tertiary/aromatic N) is 3. The van der Waals surface area contributed by atoms with Gasteiger partial charge in [-0.15, -0.1) is 17.0 Å². The van der Waals surface area contributed by atoms with E-state index in [4.69, 9.17) is 19.9 Å². The number of piperidine rings is 1. The van der Waals surface area contributed by atoms with Gasteiger partial charge in [0.1, 0.15) is 23.1 Å². The van der Waals surface area contributed by atoms with Crippen LogP contribution in [0.25, 0.3) is 0 Å². The molecule has 0 amide bonds. The van der Waals surface area contributed by atoms with Gasteiger partial charge in [-0.3, -0.25) is 19.8 Å². The standard InChI is InChI=1S/C33H42N4O5.BrH/c1-5-41-29(40)7-6-16-42-31-25(33(2,3)4)17-23(18-27(31)36-14-12-24(38)13-15-36)28(39)20-37-19-22-10-11-26(21-8-9-21)35-30(22)32(37)34;/h10-11,17-18,21,34H,5-9,12-16,19-20H2,1-4H3;1H. The second-order valence-corrected chi connectivity index (χ2v) is 12.6. The number of anilines is 1. The number of aromatic nitrogens is 1. The molecule has 2 fully saturated rings. The lowest BCUT2D eigenvalue weighted by Crippen LogP contribution is -2.35. The third-order valence-corrected chi connectivity index (χ3v) is 8.17. The van der Waals surface area contributed by atoms with Crippen LogP contribution in [0, 0.1) is 5.41 Å². The van der Waals surface area contributed by atoms with Gasteiger partial charge in [0, 0.05) is 67.2 Å². The summed E-state index contributed by atoms with van der Waals surface area (Å²) in [6.07, 6.45) is 3.97. The van der Waals surface area contributed by atoms with E-state index in [1.54, 1.807) is 11.8 Å². The molecule has 1 saturated carbocycles. The number of esters is 1. The molecule has 1 aliphatic carbocycles. The monoisotopic (exact) mass is 654 g/mol. The van der Waals surface area contributed by atoms with E-state index in [9.17, 15) is 14.4 Å². The van der Waals surface area contributed by atoms with Crippen molar-refractivity contribution in [2.24, 2.45) is 0 Å². The number of benzene rings is 1. The predicted octanol–water partition coefficient (Wildman–Crippen LogP) is 5.75. The largest absolute Gasteiger partial charge is 0.491 e. The van der Waals surface area contributed by atoms with Gasteiger partial charge in [0.2, 0.25) is 0 Å². The minimum absolute atomic E-state index is 0. The van der Waals surface area contributed by atoms with Crippen LogP contribution in [-0.2, 0) is 26.3 Å². The lowest BCUT2D eigenvalue weighted by Gasteiger charge is -2.33. The number of fused-ring (bicyclic) bond motifs is 1. The fraction of sp³-hybridized carbons (Fsp3) is 0.545. The molecule has 1 saturated heterocycles. The highest BCUT2D eigenvalue weighted by molar-refractivity contribution is 8.93. The molecule has 0 radical (unpaired) electrons. The molecule has 9 nitrogen and oxygen atoms in total. The maximum Gasteiger partial charge on any atom is 0.305 e. The van der Waals surface area contributed by atoms with Gasteiger partial charge in [0.05, 0.1) is 25.4 Å². The predicted molar refractivity (Wildman–Crippen MR) is 171 cm³/mol. The molecule has 5 rings (SSSR count). The summed E-state index contributed by atoms with van der Waals surface area (Å²) in [7, 11) is 0. The van der Waals surface area contributed by atoms with E-state index in [1.807, 2.05) is 12.1 Å². The summed E-state index contributed by atoms with van der Waals surface area (Å²) in [4.78, 5) is 46.4. The number of halogens is 1. The van der Waals surface area contributed by atoms with E-state index in [0.717, 1.165) is 35.3 Å². The topological polar surface area (TPSA) is 113 Å². The van der Waals surface area contributed by atoms with Gasteiger partial charge in [0.25, 0.3) is 0 Å². The van der Waals surface area contributed by atoms with Gasteiger partial charge >= 0.3 is 5.97 Å². The minimum atomic E-state index is -0.340. The summed E-state index contributed by atoms with van der Waals surface area (Å²) in [5.41, 5.74) is 4.62. The summed E-state index contributed by atoms with van der Waals surface area (Å²) in [6.45, 7) is 10.4. The molecule has 10 heteroatoms. The van der Waals surface area contributed by atoms with Gasteiger partial charge in [-0.05, 0) is 49.8 Å². The summed E-state index contributed by atoms with van der Waals surface area (Å²) < 4.78 is 11.4. The number of carbonyl (C=O) groups excluding carboxylic acids is 3. The molecule has 0 atom stereocenters. The van der Waals surface area contributed by atoms with Crippen LogP contribution in [0.3, 0.4) is 0 Å². The Labute approximate surface area is 264 Å². The lowest BCUT2D eigenvalue weighted by atomic mass is 9.84. The van der Waals surface area contributed by atoms with Crippen LogP contribution >= 0.6 is 17.0 Å². The maximum atomic E-state index is 13.8. The van der Waals surface area contributed by atoms with E-state index >= 15 is 0 Å². The van der Waals surface area contributed by atoms with E-state index in [0.29, 0.717) is 80.9 Å². The Balaban J connectivity index is 0.00000423. The summed E-state index contributed by atoms with van der Waals surface area (Å²) in [5, 5.41) is 8.77. The van der Waals surface area contributed by atoms with Gasteiger partial charge in [-0.1, -0.05) is 26.8 Å². The Bertz CT molecular complexity index is 1390. The number of carbonyl (C=O) groups is 3. The van der Waals surface area contributed by atoms with Gasteiger partial charge in [0.15, 0.2) is 5.78 Å². The van der Waals surface area contributed by atoms with E-state index in [2.05, 4.69) is 37.8 Å². The van der Waals surface area contributed by atoms with Crippen molar-refractivity contribution in [3.8, 4) is 5.75 Å². The highest BCUT2D eigenvalue weighted by atomic mass is 79.9. The third kappa shape index (κ3) is 7.63. The number of rotatable bonds is 11. The smallest absolute Gasteiger partial charge is 0.305 e. The van der Waals surface area contributed by atoms with Crippen LogP contribution < -0.4 is 9.64 Å². The first-order chi connectivity index (χ1) is 20.0. The van der Waals surface area contributed by atoms with Crippen LogP contribution in [0.4, 0.5) is 5.69 Å². The number of hydrogen-bond donors (Lipinski definition) is 1. The number of nitrogens with one attached hydrogen (secondary N) is 1. The van der Waals surface area contributed by atoms with Crippen molar-refractivity contribution in [1.29, 1.82) is 5.41 Å². The van der Waals surface area contributed by atoms with Crippen LogP contribution in [0.2, 0.25) is 0 Å². The molecule has 1 N–H and O–H groups in total. The molecule has 0 unspecified atom stereocenters. The number of Topliss-reactive ketones (excluding diaryl/α,β-unsaturated/α-hetero) is 2.